The molecule has 0 fully saturated rings. The lowest BCUT2D eigenvalue weighted by Crippen LogP contribution is -2.37. The molecule has 0 amide bonds. The summed E-state index contributed by atoms with van der Waals surface area (Å²) < 4.78 is 49.0. The van der Waals surface area contributed by atoms with Gasteiger partial charge in [0.15, 0.2) is 0 Å². The van der Waals surface area contributed by atoms with E-state index in [0.29, 0.717) is 0 Å². The Bertz CT molecular complexity index is 392. The number of ketones is 1. The van der Waals surface area contributed by atoms with E-state index in [1.54, 1.807) is 6.07 Å². The molecule has 88 valence electrons. The van der Waals surface area contributed by atoms with Gasteiger partial charge in [0.05, 0.1) is 0 Å². The molecule has 0 saturated heterocycles. The van der Waals surface area contributed by atoms with Gasteiger partial charge in [0.25, 0.3) is 0 Å². The van der Waals surface area contributed by atoms with Gasteiger partial charge in [0.1, 0.15) is 0 Å². The zero-order chi connectivity index (χ0) is 12.3. The Labute approximate surface area is 94.0 Å². The fraction of sp³-hybridized carbons (Fsp3) is 0.300. The number of hydrogen-bond donors (Lipinski definition) is 0. The number of carbonyl (C=O) groups is 1. The molecule has 16 heavy (non-hydrogen) atoms. The average Bonchev–Trinajstić information content (AvgIpc) is 2.21. The molecule has 0 saturated carbocycles. The first kappa shape index (κ1) is 13.0. The lowest BCUT2D eigenvalue weighted by atomic mass is 10.1. The van der Waals surface area contributed by atoms with Crippen LogP contribution in [0.3, 0.4) is 0 Å². The number of rotatable bonds is 4. The van der Waals surface area contributed by atoms with Crippen molar-refractivity contribution in [1.29, 1.82) is 0 Å². The zero-order valence-corrected chi connectivity index (χ0v) is 8.65. The molecule has 1 aromatic rings. The van der Waals surface area contributed by atoms with Crippen molar-refractivity contribution in [2.45, 2.75) is 18.8 Å². The lowest BCUT2D eigenvalue weighted by molar-refractivity contribution is -0.166. The third kappa shape index (κ3) is 2.72. The fourth-order valence-electron chi connectivity index (χ4n) is 1.05. The van der Waals surface area contributed by atoms with Crippen LogP contribution in [-0.2, 0) is 11.2 Å². The highest BCUT2D eigenvalue weighted by molar-refractivity contribution is 6.31. The van der Waals surface area contributed by atoms with Crippen LogP contribution in [0.5, 0.6) is 0 Å². The van der Waals surface area contributed by atoms with Gasteiger partial charge in [-0.2, -0.15) is 8.78 Å². The molecule has 0 heterocycles. The Morgan fingerprint density at radius 2 is 1.88 bits per heavy atom. The molecule has 0 unspecified atom stereocenters. The Kier molecular flexibility index (Phi) is 3.91. The van der Waals surface area contributed by atoms with Gasteiger partial charge < -0.3 is 0 Å². The molecule has 1 nitrogen and oxygen atoms in total. The van der Waals surface area contributed by atoms with Crippen LogP contribution in [0.4, 0.5) is 17.6 Å². The summed E-state index contributed by atoms with van der Waals surface area (Å²) in [6.45, 7) is 0. The Morgan fingerprint density at radius 1 is 1.31 bits per heavy atom. The Hall–Kier alpha value is -1.10. The molecule has 0 aliphatic rings. The molecule has 1 rings (SSSR count). The molecule has 0 aromatic heterocycles. The second-order valence-electron chi connectivity index (χ2n) is 3.12. The summed E-state index contributed by atoms with van der Waals surface area (Å²) in [5, 5.41) is 0.0981. The van der Waals surface area contributed by atoms with Crippen LogP contribution in [0.1, 0.15) is 5.56 Å². The van der Waals surface area contributed by atoms with Gasteiger partial charge in [0, 0.05) is 11.4 Å². The van der Waals surface area contributed by atoms with Crippen molar-refractivity contribution in [1.82, 2.24) is 0 Å². The molecule has 0 radical (unpaired) electrons. The van der Waals surface area contributed by atoms with Crippen LogP contribution in [-0.4, -0.2) is 18.1 Å². The van der Waals surface area contributed by atoms with Crippen LogP contribution < -0.4 is 0 Å². The highest BCUT2D eigenvalue weighted by Gasteiger charge is 2.48. The molecule has 0 atom stereocenters. The first-order chi connectivity index (χ1) is 7.35. The minimum absolute atomic E-state index is 0.0981. The van der Waals surface area contributed by atoms with Crippen LogP contribution in [0.15, 0.2) is 24.3 Å². The van der Waals surface area contributed by atoms with E-state index in [1.807, 2.05) is 0 Å². The number of Topliss-reactive ketones (excluding diaryl/α,β-unsaturated/α-hetero) is 1. The third-order valence-corrected chi connectivity index (χ3v) is 2.32. The van der Waals surface area contributed by atoms with Crippen molar-refractivity contribution < 1.29 is 22.4 Å². The largest absolute Gasteiger partial charge is 0.364 e. The van der Waals surface area contributed by atoms with Gasteiger partial charge >= 0.3 is 12.3 Å². The summed E-state index contributed by atoms with van der Waals surface area (Å²) in [4.78, 5) is 10.9. The molecule has 0 spiro atoms. The van der Waals surface area contributed by atoms with E-state index in [9.17, 15) is 22.4 Å². The van der Waals surface area contributed by atoms with Crippen LogP contribution in [0.2, 0.25) is 5.02 Å². The van der Waals surface area contributed by atoms with Crippen LogP contribution >= 0.6 is 11.6 Å². The standard InChI is InChI=1S/C10H7ClF4O/c11-7-4-2-1-3-6(7)5-8(16)10(14,15)9(12)13/h1-4,9H,5H2. The van der Waals surface area contributed by atoms with Crippen LogP contribution in [0.25, 0.3) is 0 Å². The van der Waals surface area contributed by atoms with E-state index in [-0.39, 0.29) is 10.6 Å². The summed E-state index contributed by atoms with van der Waals surface area (Å²) in [6.07, 6.45) is -4.81. The molecule has 6 heteroatoms. The summed E-state index contributed by atoms with van der Waals surface area (Å²) >= 11 is 5.61. The molecule has 0 aliphatic carbocycles. The number of carbonyl (C=O) groups excluding carboxylic acids is 1. The second kappa shape index (κ2) is 4.82. The number of halogens is 5. The van der Waals surface area contributed by atoms with Crippen molar-refractivity contribution in [3.63, 3.8) is 0 Å². The zero-order valence-electron chi connectivity index (χ0n) is 7.89. The van der Waals surface area contributed by atoms with E-state index in [0.717, 1.165) is 0 Å². The summed E-state index contributed by atoms with van der Waals surface area (Å²) in [5.74, 6) is -6.46. The first-order valence-corrected chi connectivity index (χ1v) is 4.66. The lowest BCUT2D eigenvalue weighted by Gasteiger charge is -2.13. The normalized spacial score (nSPS) is 11.9. The van der Waals surface area contributed by atoms with E-state index in [4.69, 9.17) is 11.6 Å². The first-order valence-electron chi connectivity index (χ1n) is 4.28. The Balaban J connectivity index is 2.84. The van der Waals surface area contributed by atoms with E-state index < -0.39 is 24.6 Å². The van der Waals surface area contributed by atoms with Gasteiger partial charge in [-0.15, -0.1) is 0 Å². The maximum absolute atomic E-state index is 12.6. The van der Waals surface area contributed by atoms with Crippen LogP contribution in [0, 0.1) is 0 Å². The van der Waals surface area contributed by atoms with Crippen molar-refractivity contribution in [2.75, 3.05) is 0 Å². The quantitative estimate of drug-likeness (QED) is 0.753. The van der Waals surface area contributed by atoms with Gasteiger partial charge in [-0.3, -0.25) is 4.79 Å². The number of hydrogen-bond acceptors (Lipinski definition) is 1. The number of alkyl halides is 4. The minimum Gasteiger partial charge on any atom is -0.292 e. The third-order valence-electron chi connectivity index (χ3n) is 1.95. The predicted octanol–water partition coefficient (Wildman–Crippen LogP) is 3.35. The van der Waals surface area contributed by atoms with Crippen molar-refractivity contribution in [3.05, 3.63) is 34.9 Å². The minimum atomic E-state index is -4.63. The number of benzene rings is 1. The van der Waals surface area contributed by atoms with Crippen molar-refractivity contribution in [3.8, 4) is 0 Å². The van der Waals surface area contributed by atoms with Crippen molar-refractivity contribution >= 4 is 17.4 Å². The van der Waals surface area contributed by atoms with E-state index in [1.165, 1.54) is 18.2 Å². The average molecular weight is 255 g/mol. The molecule has 0 aliphatic heterocycles. The highest BCUT2D eigenvalue weighted by atomic mass is 35.5. The maximum atomic E-state index is 12.6. The predicted molar refractivity (Wildman–Crippen MR) is 51.1 cm³/mol. The molecule has 0 bridgehead atoms. The van der Waals surface area contributed by atoms with Gasteiger partial charge in [-0.05, 0) is 11.6 Å². The summed E-state index contributed by atoms with van der Waals surface area (Å²) in [5.41, 5.74) is 0.106. The SMILES string of the molecule is O=C(Cc1ccccc1Cl)C(F)(F)C(F)F. The maximum Gasteiger partial charge on any atom is 0.364 e. The smallest absolute Gasteiger partial charge is 0.292 e. The van der Waals surface area contributed by atoms with Gasteiger partial charge in [0.2, 0.25) is 5.78 Å². The molecule has 1 aromatic carbocycles. The molecular weight excluding hydrogens is 248 g/mol. The monoisotopic (exact) mass is 254 g/mol. The van der Waals surface area contributed by atoms with E-state index >= 15 is 0 Å². The second-order valence-corrected chi connectivity index (χ2v) is 3.52. The topological polar surface area (TPSA) is 17.1 Å². The Morgan fingerprint density at radius 3 is 2.38 bits per heavy atom. The highest BCUT2D eigenvalue weighted by Crippen LogP contribution is 2.27. The van der Waals surface area contributed by atoms with Crippen molar-refractivity contribution in [2.24, 2.45) is 0 Å². The molecule has 0 N–H and O–H groups in total. The van der Waals surface area contributed by atoms with Gasteiger partial charge in [-0.1, -0.05) is 29.8 Å². The van der Waals surface area contributed by atoms with E-state index in [2.05, 4.69) is 0 Å². The fourth-order valence-corrected chi connectivity index (χ4v) is 1.26. The summed E-state index contributed by atoms with van der Waals surface area (Å²) in [7, 11) is 0. The summed E-state index contributed by atoms with van der Waals surface area (Å²) in [6, 6.07) is 5.75. The molecular formula is C10H7ClF4O. The van der Waals surface area contributed by atoms with Gasteiger partial charge in [-0.25, -0.2) is 8.78 Å².